The van der Waals surface area contributed by atoms with Crippen LogP contribution in [0.15, 0.2) is 36.4 Å². The molecule has 2 atom stereocenters. The van der Waals surface area contributed by atoms with E-state index >= 15 is 0 Å². The zero-order valence-corrected chi connectivity index (χ0v) is 17.3. The number of aliphatic hydroxyl groups excluding tert-OH is 1. The number of fused-ring (bicyclic) bond motifs is 1. The molecule has 10 heteroatoms. The molecule has 3 amide bonds. The first kappa shape index (κ1) is 21.5. The highest BCUT2D eigenvalue weighted by molar-refractivity contribution is 6.08. The first-order valence-corrected chi connectivity index (χ1v) is 10.0. The molecule has 2 heterocycles. The lowest BCUT2D eigenvalue weighted by atomic mass is 10.0. The van der Waals surface area contributed by atoms with Crippen molar-refractivity contribution in [1.29, 1.82) is 5.41 Å². The third-order valence-corrected chi connectivity index (χ3v) is 5.48. The Kier molecular flexibility index (Phi) is 5.64. The molecule has 2 aromatic rings. The molecule has 1 fully saturated rings. The number of amidine groups is 1. The minimum Gasteiger partial charge on any atom is -0.380 e. The van der Waals surface area contributed by atoms with Crippen molar-refractivity contribution < 1.29 is 24.2 Å². The second-order valence-electron chi connectivity index (χ2n) is 7.70. The summed E-state index contributed by atoms with van der Waals surface area (Å²) in [6.45, 7) is 2.49. The predicted molar refractivity (Wildman–Crippen MR) is 117 cm³/mol. The molecular weight excluding hydrogens is 414 g/mol. The van der Waals surface area contributed by atoms with Crippen LogP contribution in [0.5, 0.6) is 0 Å². The number of aliphatic hydroxyl groups is 1. The van der Waals surface area contributed by atoms with Crippen LogP contribution in [-0.4, -0.2) is 54.0 Å². The van der Waals surface area contributed by atoms with E-state index in [1.807, 2.05) is 0 Å². The van der Waals surface area contributed by atoms with Crippen molar-refractivity contribution in [1.82, 2.24) is 5.32 Å². The van der Waals surface area contributed by atoms with Crippen LogP contribution < -0.4 is 21.3 Å². The van der Waals surface area contributed by atoms with Gasteiger partial charge in [0.25, 0.3) is 17.7 Å². The van der Waals surface area contributed by atoms with Crippen molar-refractivity contribution in [2.45, 2.75) is 25.7 Å². The second kappa shape index (κ2) is 8.40. The summed E-state index contributed by atoms with van der Waals surface area (Å²) in [5.41, 5.74) is 8.78. The van der Waals surface area contributed by atoms with E-state index in [1.54, 1.807) is 43.3 Å². The van der Waals surface area contributed by atoms with Crippen LogP contribution >= 0.6 is 0 Å². The molecule has 0 unspecified atom stereocenters. The Bertz CT molecular complexity index is 1130. The third kappa shape index (κ3) is 3.93. The molecule has 1 saturated heterocycles. The standard InChI is InChI=1S/C22H23N5O5/c1-11-2-5-16(15(8-11)20(24)29)27-6-7-32-18(22(27)31)17(28)21(30)26-13-3-4-14-12(9-13)10-25-19(14)23/h2-5,8-9,17-18,28H,6-7,10H2,1H3,(H2,23,25)(H2,24,29)(H,26,30)/t17-,18-/m1/s1. The number of ether oxygens (including phenoxy) is 1. The van der Waals surface area contributed by atoms with Crippen LogP contribution in [-0.2, 0) is 20.9 Å². The minimum atomic E-state index is -1.77. The van der Waals surface area contributed by atoms with E-state index in [-0.39, 0.29) is 18.7 Å². The minimum absolute atomic E-state index is 0.0689. The molecule has 32 heavy (non-hydrogen) atoms. The number of carbonyl (C=O) groups excluding carboxylic acids is 3. The van der Waals surface area contributed by atoms with E-state index in [9.17, 15) is 19.5 Å². The molecular formula is C22H23N5O5. The summed E-state index contributed by atoms with van der Waals surface area (Å²) in [6, 6.07) is 9.96. The Morgan fingerprint density at radius 1 is 1.31 bits per heavy atom. The van der Waals surface area contributed by atoms with Crippen molar-refractivity contribution in [2.24, 2.45) is 5.73 Å². The largest absolute Gasteiger partial charge is 0.380 e. The monoisotopic (exact) mass is 437 g/mol. The van der Waals surface area contributed by atoms with Gasteiger partial charge < -0.3 is 31.1 Å². The van der Waals surface area contributed by atoms with Crippen LogP contribution in [0.3, 0.4) is 0 Å². The van der Waals surface area contributed by atoms with Crippen LogP contribution in [0.2, 0.25) is 0 Å². The maximum absolute atomic E-state index is 13.1. The van der Waals surface area contributed by atoms with Gasteiger partial charge in [0.1, 0.15) is 5.84 Å². The number of benzene rings is 2. The van der Waals surface area contributed by atoms with Crippen molar-refractivity contribution >= 4 is 34.9 Å². The van der Waals surface area contributed by atoms with Crippen LogP contribution in [0.1, 0.15) is 27.0 Å². The fourth-order valence-electron chi connectivity index (χ4n) is 3.85. The number of nitrogens with two attached hydrogens (primary N) is 1. The van der Waals surface area contributed by atoms with Gasteiger partial charge in [-0.3, -0.25) is 19.8 Å². The van der Waals surface area contributed by atoms with Gasteiger partial charge in [-0.05, 0) is 42.8 Å². The highest BCUT2D eigenvalue weighted by Crippen LogP contribution is 2.26. The highest BCUT2D eigenvalue weighted by atomic mass is 16.5. The van der Waals surface area contributed by atoms with Gasteiger partial charge in [-0.15, -0.1) is 0 Å². The van der Waals surface area contributed by atoms with Crippen molar-refractivity contribution in [2.75, 3.05) is 23.4 Å². The van der Waals surface area contributed by atoms with Gasteiger partial charge in [0.05, 0.1) is 17.9 Å². The fourth-order valence-corrected chi connectivity index (χ4v) is 3.85. The van der Waals surface area contributed by atoms with Gasteiger partial charge in [0, 0.05) is 24.3 Å². The fraction of sp³-hybridized carbons (Fsp3) is 0.273. The van der Waals surface area contributed by atoms with Gasteiger partial charge in [0.15, 0.2) is 12.2 Å². The highest BCUT2D eigenvalue weighted by Gasteiger charge is 2.40. The SMILES string of the molecule is Cc1ccc(N2CCO[C@H]([C@@H](O)C(=O)Nc3ccc4c(c3)CNC4=N)C2=O)c(C(N)=O)c1. The number of nitrogens with zero attached hydrogens (tertiary/aromatic N) is 1. The van der Waals surface area contributed by atoms with Crippen molar-refractivity contribution in [3.05, 3.63) is 58.7 Å². The number of morpholine rings is 1. The molecule has 0 bridgehead atoms. The first-order chi connectivity index (χ1) is 15.3. The molecule has 0 aromatic heterocycles. The number of primary amides is 1. The molecule has 0 radical (unpaired) electrons. The maximum atomic E-state index is 13.1. The van der Waals surface area contributed by atoms with Gasteiger partial charge >= 0.3 is 0 Å². The average Bonchev–Trinajstić information content (AvgIpc) is 3.13. The van der Waals surface area contributed by atoms with E-state index in [4.69, 9.17) is 15.9 Å². The number of rotatable bonds is 5. The number of carbonyl (C=O) groups is 3. The van der Waals surface area contributed by atoms with E-state index in [0.29, 0.717) is 23.8 Å². The molecule has 10 nitrogen and oxygen atoms in total. The predicted octanol–water partition coefficient (Wildman–Crippen LogP) is 0.254. The smallest absolute Gasteiger partial charge is 0.259 e. The average molecular weight is 437 g/mol. The lowest BCUT2D eigenvalue weighted by Crippen LogP contribution is -2.55. The Hall–Kier alpha value is -3.76. The zero-order chi connectivity index (χ0) is 23.0. The van der Waals surface area contributed by atoms with E-state index in [0.717, 1.165) is 16.7 Å². The Labute approximate surface area is 183 Å². The van der Waals surface area contributed by atoms with Crippen molar-refractivity contribution in [3.63, 3.8) is 0 Å². The summed E-state index contributed by atoms with van der Waals surface area (Å²) < 4.78 is 5.42. The van der Waals surface area contributed by atoms with Crippen molar-refractivity contribution in [3.8, 4) is 0 Å². The first-order valence-electron chi connectivity index (χ1n) is 10.0. The number of hydrogen-bond acceptors (Lipinski definition) is 6. The molecule has 0 aliphatic carbocycles. The lowest BCUT2D eigenvalue weighted by Gasteiger charge is -2.34. The summed E-state index contributed by atoms with van der Waals surface area (Å²) in [4.78, 5) is 38.9. The summed E-state index contributed by atoms with van der Waals surface area (Å²) in [5, 5.41) is 23.8. The van der Waals surface area contributed by atoms with Gasteiger partial charge in [0.2, 0.25) is 0 Å². The summed E-state index contributed by atoms with van der Waals surface area (Å²) in [6.07, 6.45) is -3.20. The van der Waals surface area contributed by atoms with Gasteiger partial charge in [-0.2, -0.15) is 0 Å². The Morgan fingerprint density at radius 3 is 2.84 bits per heavy atom. The van der Waals surface area contributed by atoms with E-state index in [2.05, 4.69) is 10.6 Å². The molecule has 6 N–H and O–H groups in total. The molecule has 0 spiro atoms. The second-order valence-corrected chi connectivity index (χ2v) is 7.70. The number of hydrogen-bond donors (Lipinski definition) is 5. The number of amides is 3. The Morgan fingerprint density at radius 2 is 2.09 bits per heavy atom. The molecule has 0 saturated carbocycles. The lowest BCUT2D eigenvalue weighted by molar-refractivity contribution is -0.150. The van der Waals surface area contributed by atoms with Gasteiger partial charge in [-0.25, -0.2) is 0 Å². The van der Waals surface area contributed by atoms with Crippen LogP contribution in [0.25, 0.3) is 0 Å². The maximum Gasteiger partial charge on any atom is 0.259 e. The third-order valence-electron chi connectivity index (χ3n) is 5.48. The van der Waals surface area contributed by atoms with E-state index < -0.39 is 29.9 Å². The van der Waals surface area contributed by atoms with Crippen LogP contribution in [0, 0.1) is 12.3 Å². The molecule has 2 aliphatic heterocycles. The molecule has 2 aliphatic rings. The number of aryl methyl sites for hydroxylation is 1. The normalized spacial score (nSPS) is 18.7. The van der Waals surface area contributed by atoms with Crippen LogP contribution in [0.4, 0.5) is 11.4 Å². The summed E-state index contributed by atoms with van der Waals surface area (Å²) in [7, 11) is 0. The summed E-state index contributed by atoms with van der Waals surface area (Å²) in [5.74, 6) is -1.82. The number of nitrogens with one attached hydrogen (secondary N) is 3. The molecule has 4 rings (SSSR count). The topological polar surface area (TPSA) is 158 Å². The number of anilines is 2. The molecule has 166 valence electrons. The molecule has 2 aromatic carbocycles. The van der Waals surface area contributed by atoms with Gasteiger partial charge in [-0.1, -0.05) is 11.6 Å². The Balaban J connectivity index is 1.51. The summed E-state index contributed by atoms with van der Waals surface area (Å²) >= 11 is 0. The van der Waals surface area contributed by atoms with E-state index in [1.165, 1.54) is 4.90 Å². The zero-order valence-electron chi connectivity index (χ0n) is 17.3. The quantitative estimate of drug-likeness (QED) is 0.451.